The highest BCUT2D eigenvalue weighted by atomic mass is 16.5. The minimum atomic E-state index is -0.00633. The maximum absolute atomic E-state index is 5.78. The lowest BCUT2D eigenvalue weighted by molar-refractivity contribution is -0.0606. The van der Waals surface area contributed by atoms with Crippen molar-refractivity contribution in [3.63, 3.8) is 0 Å². The molecule has 3 heteroatoms. The summed E-state index contributed by atoms with van der Waals surface area (Å²) in [4.78, 5) is 2.44. The average Bonchev–Trinajstić information content (AvgIpc) is 2.42. The lowest BCUT2D eigenvalue weighted by Gasteiger charge is -2.39. The Labute approximate surface area is 86.8 Å². The van der Waals surface area contributed by atoms with E-state index >= 15 is 0 Å². The Balaban J connectivity index is 1.74. The number of likely N-dealkylation sites (tertiary alicyclic amines) is 1. The van der Waals surface area contributed by atoms with Crippen molar-refractivity contribution in [1.29, 1.82) is 0 Å². The second kappa shape index (κ2) is 3.47. The Morgan fingerprint density at radius 2 is 2.07 bits per heavy atom. The highest BCUT2D eigenvalue weighted by molar-refractivity contribution is 4.98. The summed E-state index contributed by atoms with van der Waals surface area (Å²) in [5.41, 5.74) is 0.592. The summed E-state index contributed by atoms with van der Waals surface area (Å²) >= 11 is 0. The molecule has 0 unspecified atom stereocenters. The zero-order chi connectivity index (χ0) is 10.2. The molecule has 0 amide bonds. The van der Waals surface area contributed by atoms with E-state index in [4.69, 9.17) is 4.74 Å². The van der Waals surface area contributed by atoms with Crippen molar-refractivity contribution in [2.45, 2.75) is 32.8 Å². The van der Waals surface area contributed by atoms with Gasteiger partial charge in [-0.2, -0.15) is 0 Å². The van der Waals surface area contributed by atoms with Gasteiger partial charge < -0.3 is 10.1 Å². The Morgan fingerprint density at radius 3 is 2.50 bits per heavy atom. The molecule has 0 aromatic carbocycles. The van der Waals surface area contributed by atoms with Gasteiger partial charge in [0, 0.05) is 31.6 Å². The summed E-state index contributed by atoms with van der Waals surface area (Å²) in [5.74, 6) is 0. The Morgan fingerprint density at radius 1 is 1.36 bits per heavy atom. The van der Waals surface area contributed by atoms with Gasteiger partial charge in [-0.3, -0.25) is 4.90 Å². The van der Waals surface area contributed by atoms with Crippen LogP contribution >= 0.6 is 0 Å². The van der Waals surface area contributed by atoms with E-state index < -0.39 is 0 Å². The van der Waals surface area contributed by atoms with Crippen molar-refractivity contribution in [2.75, 3.05) is 32.9 Å². The maximum Gasteiger partial charge on any atom is 0.0997 e. The number of rotatable bonds is 2. The van der Waals surface area contributed by atoms with Crippen molar-refractivity contribution in [1.82, 2.24) is 10.2 Å². The normalized spacial score (nSPS) is 26.8. The molecule has 0 saturated carbocycles. The molecule has 2 rings (SSSR count). The lowest BCUT2D eigenvalue weighted by Crippen LogP contribution is -2.54. The second-order valence-corrected chi connectivity index (χ2v) is 5.79. The standard InChI is InChI=1S/C11H22N2O/c1-10(2,3)14-9-13-5-4-11(8-13)6-12-7-11/h12H,4-9H2,1-3H3. The minimum absolute atomic E-state index is 0.00633. The van der Waals surface area contributed by atoms with E-state index in [1.807, 2.05) is 0 Å². The van der Waals surface area contributed by atoms with E-state index in [1.165, 1.54) is 32.6 Å². The number of hydrogen-bond donors (Lipinski definition) is 1. The van der Waals surface area contributed by atoms with Crippen LogP contribution in [0.5, 0.6) is 0 Å². The molecule has 1 spiro atoms. The van der Waals surface area contributed by atoms with Crippen molar-refractivity contribution in [3.8, 4) is 0 Å². The van der Waals surface area contributed by atoms with Crippen LogP contribution in [0.2, 0.25) is 0 Å². The molecule has 0 aromatic rings. The summed E-state index contributed by atoms with van der Waals surface area (Å²) in [6.45, 7) is 12.0. The third-order valence-electron chi connectivity index (χ3n) is 3.20. The molecule has 1 N–H and O–H groups in total. The fraction of sp³-hybridized carbons (Fsp3) is 1.00. The molecule has 3 nitrogen and oxygen atoms in total. The second-order valence-electron chi connectivity index (χ2n) is 5.79. The quantitative estimate of drug-likeness (QED) is 0.718. The molecular weight excluding hydrogens is 176 g/mol. The molecule has 82 valence electrons. The largest absolute Gasteiger partial charge is 0.360 e. The van der Waals surface area contributed by atoms with Crippen LogP contribution in [0, 0.1) is 5.41 Å². The zero-order valence-corrected chi connectivity index (χ0v) is 9.60. The van der Waals surface area contributed by atoms with Crippen LogP contribution in [0.4, 0.5) is 0 Å². The van der Waals surface area contributed by atoms with Gasteiger partial charge in [-0.05, 0) is 27.2 Å². The van der Waals surface area contributed by atoms with Crippen molar-refractivity contribution < 1.29 is 4.74 Å². The number of ether oxygens (including phenoxy) is 1. The Bertz CT molecular complexity index is 206. The first-order chi connectivity index (χ1) is 6.49. The van der Waals surface area contributed by atoms with E-state index in [0.29, 0.717) is 5.41 Å². The Hall–Kier alpha value is -0.120. The minimum Gasteiger partial charge on any atom is -0.360 e. The first kappa shape index (κ1) is 10.4. The Kier molecular flexibility index (Phi) is 2.58. The predicted molar refractivity (Wildman–Crippen MR) is 57.2 cm³/mol. The zero-order valence-electron chi connectivity index (χ0n) is 9.60. The van der Waals surface area contributed by atoms with E-state index in [0.717, 1.165) is 6.73 Å². The van der Waals surface area contributed by atoms with Crippen molar-refractivity contribution in [3.05, 3.63) is 0 Å². The fourth-order valence-corrected chi connectivity index (χ4v) is 2.19. The molecule has 2 saturated heterocycles. The predicted octanol–water partition coefficient (Wildman–Crippen LogP) is 1.05. The van der Waals surface area contributed by atoms with Crippen LogP contribution in [0.25, 0.3) is 0 Å². The summed E-state index contributed by atoms with van der Waals surface area (Å²) in [6.07, 6.45) is 1.34. The summed E-state index contributed by atoms with van der Waals surface area (Å²) in [5, 5.41) is 3.37. The smallest absolute Gasteiger partial charge is 0.0997 e. The maximum atomic E-state index is 5.78. The first-order valence-corrected chi connectivity index (χ1v) is 5.56. The highest BCUT2D eigenvalue weighted by Crippen LogP contribution is 2.33. The molecule has 0 radical (unpaired) electrons. The van der Waals surface area contributed by atoms with Crippen LogP contribution in [-0.2, 0) is 4.74 Å². The van der Waals surface area contributed by atoms with Crippen LogP contribution in [0.15, 0.2) is 0 Å². The van der Waals surface area contributed by atoms with Gasteiger partial charge in [0.05, 0.1) is 12.3 Å². The van der Waals surface area contributed by atoms with Crippen molar-refractivity contribution in [2.24, 2.45) is 5.41 Å². The lowest BCUT2D eigenvalue weighted by atomic mass is 9.81. The van der Waals surface area contributed by atoms with Crippen LogP contribution < -0.4 is 5.32 Å². The van der Waals surface area contributed by atoms with E-state index in [1.54, 1.807) is 0 Å². The molecular formula is C11H22N2O. The molecule has 2 heterocycles. The van der Waals surface area contributed by atoms with E-state index in [9.17, 15) is 0 Å². The van der Waals surface area contributed by atoms with E-state index in [2.05, 4.69) is 31.0 Å². The SMILES string of the molecule is CC(C)(C)OCN1CCC2(CNC2)C1. The molecule has 2 aliphatic rings. The summed E-state index contributed by atoms with van der Waals surface area (Å²) < 4.78 is 5.78. The molecule has 0 bridgehead atoms. The van der Waals surface area contributed by atoms with Gasteiger partial charge in [0.1, 0.15) is 0 Å². The van der Waals surface area contributed by atoms with Gasteiger partial charge in [-0.1, -0.05) is 0 Å². The van der Waals surface area contributed by atoms with Crippen LogP contribution in [-0.4, -0.2) is 43.4 Å². The van der Waals surface area contributed by atoms with Crippen molar-refractivity contribution >= 4 is 0 Å². The molecule has 0 atom stereocenters. The molecule has 2 fully saturated rings. The molecule has 14 heavy (non-hydrogen) atoms. The summed E-state index contributed by atoms with van der Waals surface area (Å²) in [6, 6.07) is 0. The summed E-state index contributed by atoms with van der Waals surface area (Å²) in [7, 11) is 0. The molecule has 0 aliphatic carbocycles. The monoisotopic (exact) mass is 198 g/mol. The number of hydrogen-bond acceptors (Lipinski definition) is 3. The van der Waals surface area contributed by atoms with Crippen LogP contribution in [0.1, 0.15) is 27.2 Å². The average molecular weight is 198 g/mol. The topological polar surface area (TPSA) is 24.5 Å². The fourth-order valence-electron chi connectivity index (χ4n) is 2.19. The van der Waals surface area contributed by atoms with Gasteiger partial charge in [-0.25, -0.2) is 0 Å². The third kappa shape index (κ3) is 2.27. The molecule has 0 aromatic heterocycles. The first-order valence-electron chi connectivity index (χ1n) is 5.56. The van der Waals surface area contributed by atoms with Gasteiger partial charge in [0.15, 0.2) is 0 Å². The van der Waals surface area contributed by atoms with Crippen LogP contribution in [0.3, 0.4) is 0 Å². The molecule has 2 aliphatic heterocycles. The number of nitrogens with one attached hydrogen (secondary N) is 1. The van der Waals surface area contributed by atoms with Gasteiger partial charge in [0.2, 0.25) is 0 Å². The number of nitrogens with zero attached hydrogens (tertiary/aromatic N) is 1. The third-order valence-corrected chi connectivity index (χ3v) is 3.20. The van der Waals surface area contributed by atoms with Gasteiger partial charge in [0.25, 0.3) is 0 Å². The van der Waals surface area contributed by atoms with E-state index in [-0.39, 0.29) is 5.60 Å². The highest BCUT2D eigenvalue weighted by Gasteiger charge is 2.42. The van der Waals surface area contributed by atoms with Gasteiger partial charge >= 0.3 is 0 Å². The van der Waals surface area contributed by atoms with Gasteiger partial charge in [-0.15, -0.1) is 0 Å².